The molecular weight excluding hydrogens is 264 g/mol. The molecule has 0 saturated heterocycles. The summed E-state index contributed by atoms with van der Waals surface area (Å²) in [4.78, 5) is 27.1. The lowest BCUT2D eigenvalue weighted by atomic mass is 9.97. The Labute approximate surface area is 126 Å². The number of hydrogen-bond donors (Lipinski definition) is 1. The van der Waals surface area contributed by atoms with E-state index in [1.807, 2.05) is 32.0 Å². The van der Waals surface area contributed by atoms with Crippen LogP contribution < -0.4 is 10.2 Å². The summed E-state index contributed by atoms with van der Waals surface area (Å²) in [5.74, 6) is -0.180. The van der Waals surface area contributed by atoms with Crippen LogP contribution >= 0.6 is 0 Å². The molecule has 0 spiro atoms. The van der Waals surface area contributed by atoms with Crippen molar-refractivity contribution in [2.75, 3.05) is 11.4 Å². The average Bonchev–Trinajstić information content (AvgIpc) is 2.57. The normalized spacial score (nSPS) is 21.8. The van der Waals surface area contributed by atoms with E-state index in [9.17, 15) is 9.59 Å². The minimum atomic E-state index is -0.831. The van der Waals surface area contributed by atoms with Crippen LogP contribution in [0.5, 0.6) is 0 Å². The average molecular weight is 288 g/mol. The van der Waals surface area contributed by atoms with Gasteiger partial charge >= 0.3 is 0 Å². The molecule has 1 unspecified atom stereocenters. The molecule has 0 radical (unpaired) electrons. The van der Waals surface area contributed by atoms with Crippen molar-refractivity contribution in [1.29, 1.82) is 0 Å². The summed E-state index contributed by atoms with van der Waals surface area (Å²) in [5.41, 5.74) is 0.482. The molecule has 1 atom stereocenters. The smallest absolute Gasteiger partial charge is 0.254 e. The lowest BCUT2D eigenvalue weighted by molar-refractivity contribution is -0.124. The van der Waals surface area contributed by atoms with Crippen molar-refractivity contribution in [1.82, 2.24) is 5.32 Å². The van der Waals surface area contributed by atoms with Gasteiger partial charge in [0.1, 0.15) is 5.54 Å². The number of benzene rings is 1. The molecule has 1 aromatic rings. The molecule has 1 aliphatic heterocycles. The Kier molecular flexibility index (Phi) is 4.66. The number of amides is 2. The fourth-order valence-corrected chi connectivity index (χ4v) is 2.66. The number of unbranched alkanes of at least 4 members (excludes halogenated alkanes) is 2. The van der Waals surface area contributed by atoms with Crippen LogP contribution in [0.15, 0.2) is 24.3 Å². The van der Waals surface area contributed by atoms with Crippen molar-refractivity contribution >= 4 is 17.5 Å². The summed E-state index contributed by atoms with van der Waals surface area (Å²) in [6.45, 7) is 6.54. The third kappa shape index (κ3) is 2.94. The molecule has 2 amide bonds. The molecule has 0 fully saturated rings. The predicted molar refractivity (Wildman–Crippen MR) is 84.5 cm³/mol. The molecular formula is C17H24N2O2. The summed E-state index contributed by atoms with van der Waals surface area (Å²) in [7, 11) is 0. The van der Waals surface area contributed by atoms with Crippen LogP contribution in [0.3, 0.4) is 0 Å². The van der Waals surface area contributed by atoms with Crippen LogP contribution in [0.2, 0.25) is 0 Å². The summed E-state index contributed by atoms with van der Waals surface area (Å²) >= 11 is 0. The maximum atomic E-state index is 12.9. The number of anilines is 1. The van der Waals surface area contributed by atoms with Gasteiger partial charge in [0.2, 0.25) is 0 Å². The van der Waals surface area contributed by atoms with Crippen molar-refractivity contribution in [3.63, 3.8) is 0 Å². The second kappa shape index (κ2) is 6.29. The summed E-state index contributed by atoms with van der Waals surface area (Å²) in [6.07, 6.45) is 3.71. The molecule has 0 aromatic heterocycles. The van der Waals surface area contributed by atoms with E-state index in [1.165, 1.54) is 0 Å². The van der Waals surface area contributed by atoms with E-state index >= 15 is 0 Å². The summed E-state index contributed by atoms with van der Waals surface area (Å²) in [6, 6.07) is 7.36. The van der Waals surface area contributed by atoms with Crippen molar-refractivity contribution in [2.24, 2.45) is 0 Å². The van der Waals surface area contributed by atoms with Crippen molar-refractivity contribution in [3.8, 4) is 0 Å². The van der Waals surface area contributed by atoms with Crippen LogP contribution in [0, 0.1) is 0 Å². The number of hydrogen-bond acceptors (Lipinski definition) is 2. The maximum Gasteiger partial charge on any atom is 0.254 e. The largest absolute Gasteiger partial charge is 0.338 e. The molecule has 21 heavy (non-hydrogen) atoms. The Morgan fingerprint density at radius 2 is 1.86 bits per heavy atom. The van der Waals surface area contributed by atoms with Gasteiger partial charge in [0.05, 0.1) is 11.3 Å². The first kappa shape index (κ1) is 15.5. The summed E-state index contributed by atoms with van der Waals surface area (Å²) < 4.78 is 0. The molecule has 1 heterocycles. The molecule has 0 saturated carbocycles. The Bertz CT molecular complexity index is 541. The number of nitrogens with zero attached hydrogens (tertiary/aromatic N) is 1. The standard InChI is InChI=1S/C17H24N2O2/c1-4-6-9-12-19-14-11-8-7-10-13(14)15(20)18-17(3,5-2)16(19)21/h7-8,10-11H,4-6,9,12H2,1-3H3,(H,18,20). The summed E-state index contributed by atoms with van der Waals surface area (Å²) in [5, 5.41) is 2.90. The van der Waals surface area contributed by atoms with E-state index in [0.29, 0.717) is 18.5 Å². The van der Waals surface area contributed by atoms with Gasteiger partial charge in [0.15, 0.2) is 0 Å². The van der Waals surface area contributed by atoms with Crippen LogP contribution in [-0.2, 0) is 4.79 Å². The highest BCUT2D eigenvalue weighted by Gasteiger charge is 2.41. The molecule has 0 aliphatic carbocycles. The molecule has 4 heteroatoms. The molecule has 1 N–H and O–H groups in total. The van der Waals surface area contributed by atoms with Crippen molar-refractivity contribution in [2.45, 2.75) is 52.0 Å². The van der Waals surface area contributed by atoms with Crippen LogP contribution in [-0.4, -0.2) is 23.9 Å². The third-order valence-electron chi connectivity index (χ3n) is 4.24. The zero-order chi connectivity index (χ0) is 15.5. The Morgan fingerprint density at radius 1 is 1.14 bits per heavy atom. The van der Waals surface area contributed by atoms with Gasteiger partial charge in [-0.25, -0.2) is 0 Å². The third-order valence-corrected chi connectivity index (χ3v) is 4.24. The van der Waals surface area contributed by atoms with Crippen molar-refractivity contribution in [3.05, 3.63) is 29.8 Å². The number of carbonyl (C=O) groups excluding carboxylic acids is 2. The Balaban J connectivity index is 2.43. The van der Waals surface area contributed by atoms with E-state index in [-0.39, 0.29) is 11.8 Å². The van der Waals surface area contributed by atoms with E-state index in [4.69, 9.17) is 0 Å². The quantitative estimate of drug-likeness (QED) is 0.846. The van der Waals surface area contributed by atoms with Gasteiger partial charge in [-0.05, 0) is 31.9 Å². The zero-order valence-corrected chi connectivity index (χ0v) is 13.1. The van der Waals surface area contributed by atoms with E-state index < -0.39 is 5.54 Å². The van der Waals surface area contributed by atoms with E-state index in [2.05, 4.69) is 12.2 Å². The van der Waals surface area contributed by atoms with Gasteiger partial charge in [-0.2, -0.15) is 0 Å². The van der Waals surface area contributed by atoms with Gasteiger partial charge in [0.25, 0.3) is 11.8 Å². The SMILES string of the molecule is CCCCCN1C(=O)C(C)(CC)NC(=O)c2ccccc21. The molecule has 0 bridgehead atoms. The molecule has 1 aromatic carbocycles. The highest BCUT2D eigenvalue weighted by molar-refractivity contribution is 6.12. The number of carbonyl (C=O) groups is 2. The van der Waals surface area contributed by atoms with E-state index in [1.54, 1.807) is 11.0 Å². The van der Waals surface area contributed by atoms with Gasteiger partial charge < -0.3 is 10.2 Å². The first-order valence-corrected chi connectivity index (χ1v) is 7.77. The second-order valence-corrected chi connectivity index (χ2v) is 5.82. The minimum Gasteiger partial charge on any atom is -0.338 e. The van der Waals surface area contributed by atoms with Gasteiger partial charge in [-0.15, -0.1) is 0 Å². The fourth-order valence-electron chi connectivity index (χ4n) is 2.66. The molecule has 2 rings (SSSR count). The first-order valence-electron chi connectivity index (χ1n) is 7.77. The minimum absolute atomic E-state index is 0.0144. The van der Waals surface area contributed by atoms with Crippen LogP contribution in [0.4, 0.5) is 5.69 Å². The van der Waals surface area contributed by atoms with Gasteiger partial charge in [0, 0.05) is 6.54 Å². The topological polar surface area (TPSA) is 49.4 Å². The van der Waals surface area contributed by atoms with Crippen molar-refractivity contribution < 1.29 is 9.59 Å². The molecule has 114 valence electrons. The number of fused-ring (bicyclic) bond motifs is 1. The van der Waals surface area contributed by atoms with Crippen LogP contribution in [0.25, 0.3) is 0 Å². The Hall–Kier alpha value is -1.84. The predicted octanol–water partition coefficient (Wildman–Crippen LogP) is 3.12. The molecule has 4 nitrogen and oxygen atoms in total. The lowest BCUT2D eigenvalue weighted by Gasteiger charge is -2.31. The van der Waals surface area contributed by atoms with E-state index in [0.717, 1.165) is 24.9 Å². The van der Waals surface area contributed by atoms with Gasteiger partial charge in [-0.3, -0.25) is 9.59 Å². The maximum absolute atomic E-state index is 12.9. The number of para-hydroxylation sites is 1. The van der Waals surface area contributed by atoms with Crippen LogP contribution in [0.1, 0.15) is 56.8 Å². The zero-order valence-electron chi connectivity index (χ0n) is 13.1. The first-order chi connectivity index (χ1) is 10.0. The number of rotatable bonds is 5. The fraction of sp³-hybridized carbons (Fsp3) is 0.529. The highest BCUT2D eigenvalue weighted by Crippen LogP contribution is 2.29. The monoisotopic (exact) mass is 288 g/mol. The Morgan fingerprint density at radius 3 is 2.52 bits per heavy atom. The number of nitrogens with one attached hydrogen (secondary N) is 1. The highest BCUT2D eigenvalue weighted by atomic mass is 16.2. The van der Waals surface area contributed by atoms with Gasteiger partial charge in [-0.1, -0.05) is 38.8 Å². The second-order valence-electron chi connectivity index (χ2n) is 5.82. The lowest BCUT2D eigenvalue weighted by Crippen LogP contribution is -2.55. The molecule has 1 aliphatic rings.